The summed E-state index contributed by atoms with van der Waals surface area (Å²) in [5, 5.41) is 13.9. The first kappa shape index (κ1) is 49.3. The number of fused-ring (bicyclic) bond motifs is 4. The Morgan fingerprint density at radius 2 is 1.44 bits per heavy atom. The molecule has 13 nitrogen and oxygen atoms in total. The summed E-state index contributed by atoms with van der Waals surface area (Å²) in [4.78, 5) is 50.6. The summed E-state index contributed by atoms with van der Waals surface area (Å²) in [6.07, 6.45) is 1.53. The first-order chi connectivity index (χ1) is 34.6. The number of hydrogen-bond acceptors (Lipinski definition) is 13. The lowest BCUT2D eigenvalue weighted by molar-refractivity contribution is -0.119. The molecular weight excluding hydrogens is 936 g/mol. The molecular formula is C56H55ClN6O7S. The number of rotatable bonds is 23. The molecule has 0 saturated carbocycles. The summed E-state index contributed by atoms with van der Waals surface area (Å²) >= 11 is 7.94. The highest BCUT2D eigenvalue weighted by Crippen LogP contribution is 2.40. The SMILES string of the molecule is Cc1sc2c(c1C)C(c1ccc(Cl)cc1)=N[C@@H](CC(=O)Cc1ccc(OCCOCCOCCOCCNc3ccc(-c4ccc5c(c4)CC(=O)C5)c(C(=O)Cc4ccccc4)n3)cc1)c1nnc(C)n1-2. The largest absolute Gasteiger partial charge is 0.491 e. The molecule has 1 N–H and O–H groups in total. The van der Waals surface area contributed by atoms with Gasteiger partial charge in [-0.2, -0.15) is 0 Å². The molecule has 1 atom stereocenters. The molecule has 0 radical (unpaired) electrons. The summed E-state index contributed by atoms with van der Waals surface area (Å²) in [6, 6.07) is 34.1. The molecule has 71 heavy (non-hydrogen) atoms. The minimum Gasteiger partial charge on any atom is -0.491 e. The minimum atomic E-state index is -0.518. The van der Waals surface area contributed by atoms with Crippen LogP contribution in [0.5, 0.6) is 5.75 Å². The van der Waals surface area contributed by atoms with Crippen LogP contribution < -0.4 is 10.1 Å². The van der Waals surface area contributed by atoms with Crippen LogP contribution in [-0.4, -0.2) is 95.6 Å². The van der Waals surface area contributed by atoms with Gasteiger partial charge in [-0.25, -0.2) is 4.98 Å². The van der Waals surface area contributed by atoms with Crippen LogP contribution in [0.15, 0.2) is 114 Å². The highest BCUT2D eigenvalue weighted by atomic mass is 35.5. The maximum absolute atomic E-state index is 13.7. The Morgan fingerprint density at radius 1 is 0.746 bits per heavy atom. The van der Waals surface area contributed by atoms with Crippen LogP contribution in [0.25, 0.3) is 16.1 Å². The van der Waals surface area contributed by atoms with Gasteiger partial charge in [-0.15, -0.1) is 21.5 Å². The van der Waals surface area contributed by atoms with Crippen LogP contribution in [0, 0.1) is 20.8 Å². The van der Waals surface area contributed by atoms with E-state index in [1.807, 2.05) is 116 Å². The maximum atomic E-state index is 13.7. The van der Waals surface area contributed by atoms with E-state index in [0.29, 0.717) is 93.7 Å². The smallest absolute Gasteiger partial charge is 0.186 e. The molecule has 0 fully saturated rings. The number of halogens is 1. The zero-order valence-corrected chi connectivity index (χ0v) is 41.6. The van der Waals surface area contributed by atoms with Crippen LogP contribution in [0.3, 0.4) is 0 Å². The average molecular weight is 992 g/mol. The number of thiophene rings is 1. The van der Waals surface area contributed by atoms with Crippen LogP contribution in [0.1, 0.15) is 78.4 Å². The van der Waals surface area contributed by atoms with Crippen molar-refractivity contribution in [2.45, 2.75) is 58.9 Å². The first-order valence-corrected chi connectivity index (χ1v) is 25.1. The first-order valence-electron chi connectivity index (χ1n) is 23.9. The number of carbonyl (C=O) groups excluding carboxylic acids is 3. The fourth-order valence-corrected chi connectivity index (χ4v) is 10.2. The van der Waals surface area contributed by atoms with Gasteiger partial charge in [-0.3, -0.25) is 23.9 Å². The van der Waals surface area contributed by atoms with Gasteiger partial charge < -0.3 is 24.3 Å². The van der Waals surface area contributed by atoms with E-state index in [1.54, 1.807) is 11.3 Å². The molecule has 0 spiro atoms. The fourth-order valence-electron chi connectivity index (χ4n) is 8.85. The number of aromatic nitrogens is 4. The number of ketones is 3. The number of aliphatic imine (C=N–C) groups is 1. The molecule has 15 heteroatoms. The third-order valence-electron chi connectivity index (χ3n) is 12.6. The van der Waals surface area contributed by atoms with Crippen LogP contribution in [0.4, 0.5) is 5.82 Å². The predicted molar refractivity (Wildman–Crippen MR) is 276 cm³/mol. The molecule has 0 bridgehead atoms. The van der Waals surface area contributed by atoms with Crippen LogP contribution in [-0.2, 0) is 49.5 Å². The van der Waals surface area contributed by atoms with Crippen molar-refractivity contribution in [2.75, 3.05) is 58.1 Å². The maximum Gasteiger partial charge on any atom is 0.186 e. The second-order valence-electron chi connectivity index (χ2n) is 17.6. The van der Waals surface area contributed by atoms with E-state index in [4.69, 9.17) is 40.5 Å². The second-order valence-corrected chi connectivity index (χ2v) is 19.3. The van der Waals surface area contributed by atoms with Gasteiger partial charge in [-0.1, -0.05) is 84.4 Å². The molecule has 0 unspecified atom stereocenters. The summed E-state index contributed by atoms with van der Waals surface area (Å²) < 4.78 is 25.1. The van der Waals surface area contributed by atoms with Gasteiger partial charge in [0.05, 0.1) is 45.4 Å². The summed E-state index contributed by atoms with van der Waals surface area (Å²) in [5.74, 6) is 2.85. The molecule has 4 aromatic carbocycles. The third kappa shape index (κ3) is 12.1. The average Bonchev–Trinajstić information content (AvgIpc) is 4.01. The Kier molecular flexibility index (Phi) is 16.0. The van der Waals surface area contributed by atoms with E-state index in [9.17, 15) is 14.4 Å². The van der Waals surface area contributed by atoms with E-state index < -0.39 is 6.04 Å². The quantitative estimate of drug-likeness (QED) is 0.0481. The van der Waals surface area contributed by atoms with E-state index in [0.717, 1.165) is 66.6 Å². The number of anilines is 1. The molecule has 1 aliphatic heterocycles. The van der Waals surface area contributed by atoms with Gasteiger partial charge in [-0.05, 0) is 90.6 Å². The van der Waals surface area contributed by atoms with Crippen molar-refractivity contribution in [3.63, 3.8) is 0 Å². The van der Waals surface area contributed by atoms with Crippen LogP contribution >= 0.6 is 22.9 Å². The van der Waals surface area contributed by atoms with Crippen molar-refractivity contribution in [2.24, 2.45) is 4.99 Å². The normalized spacial score (nSPS) is 13.8. The van der Waals surface area contributed by atoms with Crippen molar-refractivity contribution in [1.29, 1.82) is 0 Å². The van der Waals surface area contributed by atoms with E-state index in [2.05, 4.69) is 33.9 Å². The number of hydrogen-bond donors (Lipinski definition) is 1. The number of ether oxygens (including phenoxy) is 4. The lowest BCUT2D eigenvalue weighted by atomic mass is 9.96. The second kappa shape index (κ2) is 23.0. The number of nitrogens with one attached hydrogen (secondary N) is 1. The minimum absolute atomic E-state index is 0.0409. The number of nitrogens with zero attached hydrogens (tertiary/aromatic N) is 5. The van der Waals surface area contributed by atoms with Gasteiger partial charge in [0.15, 0.2) is 11.6 Å². The lowest BCUT2D eigenvalue weighted by Gasteiger charge is -2.13. The van der Waals surface area contributed by atoms with Crippen molar-refractivity contribution in [3.8, 4) is 21.9 Å². The van der Waals surface area contributed by atoms with Gasteiger partial charge in [0.1, 0.15) is 52.3 Å². The number of aryl methyl sites for hydroxylation is 2. The van der Waals surface area contributed by atoms with Gasteiger partial charge in [0.2, 0.25) is 0 Å². The monoisotopic (exact) mass is 990 g/mol. The predicted octanol–water partition coefficient (Wildman–Crippen LogP) is 9.70. The van der Waals surface area contributed by atoms with Crippen molar-refractivity contribution in [1.82, 2.24) is 19.7 Å². The highest BCUT2D eigenvalue weighted by Gasteiger charge is 2.32. The number of Topliss-reactive ketones (excluding diaryl/α,β-unsaturated/α-hetero) is 3. The standard InChI is InChI=1S/C56H55ClN6O7S/c1-35-36(2)71-56-52(35)53(40-13-15-44(57)16-14-40)59-49(55-62-61-37(3)63(55)56)34-45(64)29-39-9-17-47(18-10-39)70-28-27-69-26-25-68-24-23-67-22-21-58-51-20-19-48(42-12-11-41-32-46(65)33-43(41)31-42)54(60-51)50(66)30-38-7-5-4-6-8-38/h4-20,31,49H,21-30,32-34H2,1-3H3,(H,58,60)/t49-/m0/s1. The Bertz CT molecular complexity index is 3060. The van der Waals surface area contributed by atoms with Crippen molar-refractivity contribution >= 4 is 51.8 Å². The van der Waals surface area contributed by atoms with E-state index in [1.165, 1.54) is 4.88 Å². The van der Waals surface area contributed by atoms with Crippen LogP contribution in [0.2, 0.25) is 5.02 Å². The molecule has 3 aromatic heterocycles. The Labute approximate surface area is 422 Å². The molecule has 9 rings (SSSR count). The highest BCUT2D eigenvalue weighted by molar-refractivity contribution is 7.15. The molecule has 0 amide bonds. The Hall–Kier alpha value is -6.68. The van der Waals surface area contributed by atoms with Crippen molar-refractivity contribution < 1.29 is 33.3 Å². The van der Waals surface area contributed by atoms with Gasteiger partial charge in [0, 0.05) is 65.2 Å². The Morgan fingerprint density at radius 3 is 2.20 bits per heavy atom. The zero-order valence-electron chi connectivity index (χ0n) is 40.0. The number of pyridine rings is 1. The topological polar surface area (TPSA) is 156 Å². The summed E-state index contributed by atoms with van der Waals surface area (Å²) in [7, 11) is 0. The molecule has 364 valence electrons. The Balaban J connectivity index is 0.669. The lowest BCUT2D eigenvalue weighted by Crippen LogP contribution is -2.16. The number of benzene rings is 4. The van der Waals surface area contributed by atoms with Gasteiger partial charge in [0.25, 0.3) is 0 Å². The zero-order chi connectivity index (χ0) is 49.3. The van der Waals surface area contributed by atoms with E-state index in [-0.39, 0.29) is 36.6 Å². The van der Waals surface area contributed by atoms with Gasteiger partial charge >= 0.3 is 0 Å². The summed E-state index contributed by atoms with van der Waals surface area (Å²) in [5.41, 5.74) is 9.79. The molecule has 1 aliphatic carbocycles. The van der Waals surface area contributed by atoms with E-state index >= 15 is 0 Å². The molecule has 2 aliphatic rings. The molecule has 4 heterocycles. The molecule has 7 aromatic rings. The fraction of sp³-hybridized carbons (Fsp3) is 0.304. The summed E-state index contributed by atoms with van der Waals surface area (Å²) in [6.45, 7) is 9.49. The van der Waals surface area contributed by atoms with Crippen molar-refractivity contribution in [3.05, 3.63) is 175 Å². The molecule has 0 saturated heterocycles. The third-order valence-corrected chi connectivity index (χ3v) is 14.0. The number of carbonyl (C=O) groups is 3.